The average molecular weight is 410 g/mol. The first-order valence-electron chi connectivity index (χ1n) is 10.1. The van der Waals surface area contributed by atoms with Crippen molar-refractivity contribution in [1.29, 1.82) is 0 Å². The highest BCUT2D eigenvalue weighted by atomic mass is 19.3. The number of nitrogens with one attached hydrogen (secondary N) is 1. The number of nitrogens with zero attached hydrogens (tertiary/aromatic N) is 3. The fourth-order valence-electron chi connectivity index (χ4n) is 3.76. The lowest BCUT2D eigenvalue weighted by Gasteiger charge is -2.23. The number of benzene rings is 1. The SMILES string of the molecule is O=C(CN1CCCN(CC(=O)N2CCCC2)CC1)Nc1ccccc1OC(F)F. The molecule has 1 N–H and O–H groups in total. The zero-order chi connectivity index (χ0) is 20.6. The molecule has 3 rings (SSSR count). The van der Waals surface area contributed by atoms with E-state index in [1.54, 1.807) is 12.1 Å². The summed E-state index contributed by atoms with van der Waals surface area (Å²) >= 11 is 0. The van der Waals surface area contributed by atoms with Crippen molar-refractivity contribution < 1.29 is 23.1 Å². The highest BCUT2D eigenvalue weighted by Crippen LogP contribution is 2.25. The summed E-state index contributed by atoms with van der Waals surface area (Å²) in [6.07, 6.45) is 3.03. The number of rotatable bonds is 7. The number of anilines is 1. The molecular weight excluding hydrogens is 382 g/mol. The van der Waals surface area contributed by atoms with Crippen LogP contribution in [0.1, 0.15) is 19.3 Å². The van der Waals surface area contributed by atoms with E-state index in [1.807, 2.05) is 9.80 Å². The Balaban J connectivity index is 1.46. The third kappa shape index (κ3) is 6.64. The number of amides is 2. The molecule has 2 aliphatic rings. The minimum absolute atomic E-state index is 0.0571. The van der Waals surface area contributed by atoms with Gasteiger partial charge in [-0.25, -0.2) is 0 Å². The van der Waals surface area contributed by atoms with Crippen LogP contribution in [0.3, 0.4) is 0 Å². The maximum Gasteiger partial charge on any atom is 0.387 e. The Kier molecular flexibility index (Phi) is 7.76. The van der Waals surface area contributed by atoms with Gasteiger partial charge in [0, 0.05) is 26.2 Å². The number of halogens is 2. The van der Waals surface area contributed by atoms with Crippen LogP contribution in [-0.4, -0.2) is 85.5 Å². The molecule has 2 heterocycles. The summed E-state index contributed by atoms with van der Waals surface area (Å²) in [7, 11) is 0. The normalized spacial score (nSPS) is 18.7. The summed E-state index contributed by atoms with van der Waals surface area (Å²) in [4.78, 5) is 30.8. The lowest BCUT2D eigenvalue weighted by Crippen LogP contribution is -2.41. The van der Waals surface area contributed by atoms with Gasteiger partial charge in [-0.2, -0.15) is 8.78 Å². The van der Waals surface area contributed by atoms with Crippen LogP contribution in [0, 0.1) is 0 Å². The molecule has 2 fully saturated rings. The van der Waals surface area contributed by atoms with Crippen molar-refractivity contribution in [3.05, 3.63) is 24.3 Å². The molecule has 0 unspecified atom stereocenters. The molecule has 29 heavy (non-hydrogen) atoms. The topological polar surface area (TPSA) is 65.1 Å². The molecule has 0 aliphatic carbocycles. The van der Waals surface area contributed by atoms with Gasteiger partial charge in [0.1, 0.15) is 5.75 Å². The number of likely N-dealkylation sites (tertiary alicyclic amines) is 1. The highest BCUT2D eigenvalue weighted by molar-refractivity contribution is 5.93. The molecule has 7 nitrogen and oxygen atoms in total. The van der Waals surface area contributed by atoms with Crippen LogP contribution in [0.2, 0.25) is 0 Å². The summed E-state index contributed by atoms with van der Waals surface area (Å²) in [6.45, 7) is 2.32. The lowest BCUT2D eigenvalue weighted by molar-refractivity contribution is -0.131. The molecule has 0 bridgehead atoms. The smallest absolute Gasteiger partial charge is 0.387 e. The quantitative estimate of drug-likeness (QED) is 0.743. The predicted octanol–water partition coefficient (Wildman–Crippen LogP) is 1.86. The van der Waals surface area contributed by atoms with E-state index in [-0.39, 0.29) is 29.8 Å². The van der Waals surface area contributed by atoms with Gasteiger partial charge in [-0.05, 0) is 44.5 Å². The second kappa shape index (κ2) is 10.5. The molecule has 0 saturated carbocycles. The fourth-order valence-corrected chi connectivity index (χ4v) is 3.76. The van der Waals surface area contributed by atoms with Crippen LogP contribution in [0.25, 0.3) is 0 Å². The number of carbonyl (C=O) groups is 2. The molecular formula is C20H28F2N4O3. The Labute approximate surface area is 169 Å². The second-order valence-electron chi connectivity index (χ2n) is 7.42. The van der Waals surface area contributed by atoms with E-state index in [0.29, 0.717) is 13.1 Å². The molecule has 2 saturated heterocycles. The number of alkyl halides is 2. The van der Waals surface area contributed by atoms with Crippen molar-refractivity contribution in [2.24, 2.45) is 0 Å². The Hall–Kier alpha value is -2.26. The first-order valence-corrected chi connectivity index (χ1v) is 10.1. The minimum atomic E-state index is -2.95. The molecule has 160 valence electrons. The molecule has 9 heteroatoms. The van der Waals surface area contributed by atoms with E-state index in [0.717, 1.165) is 52.0 Å². The van der Waals surface area contributed by atoms with Gasteiger partial charge in [0.25, 0.3) is 0 Å². The van der Waals surface area contributed by atoms with Gasteiger partial charge in [0.15, 0.2) is 0 Å². The molecule has 2 amide bonds. The summed E-state index contributed by atoms with van der Waals surface area (Å²) in [6, 6.07) is 6.14. The van der Waals surface area contributed by atoms with Gasteiger partial charge < -0.3 is 15.0 Å². The number of ether oxygens (including phenoxy) is 1. The van der Waals surface area contributed by atoms with Crippen LogP contribution < -0.4 is 10.1 Å². The van der Waals surface area contributed by atoms with Crippen LogP contribution >= 0.6 is 0 Å². The zero-order valence-electron chi connectivity index (χ0n) is 16.5. The number of hydrogen-bond acceptors (Lipinski definition) is 5. The van der Waals surface area contributed by atoms with E-state index in [9.17, 15) is 18.4 Å². The van der Waals surface area contributed by atoms with Crippen LogP contribution in [0.5, 0.6) is 5.75 Å². The number of hydrogen-bond donors (Lipinski definition) is 1. The van der Waals surface area contributed by atoms with Gasteiger partial charge in [-0.15, -0.1) is 0 Å². The van der Waals surface area contributed by atoms with E-state index in [2.05, 4.69) is 15.0 Å². The molecule has 0 radical (unpaired) electrons. The second-order valence-corrected chi connectivity index (χ2v) is 7.42. The van der Waals surface area contributed by atoms with Gasteiger partial charge >= 0.3 is 6.61 Å². The number of carbonyl (C=O) groups excluding carboxylic acids is 2. The van der Waals surface area contributed by atoms with E-state index in [4.69, 9.17) is 0 Å². The Morgan fingerprint density at radius 3 is 2.28 bits per heavy atom. The van der Waals surface area contributed by atoms with Gasteiger partial charge in [-0.3, -0.25) is 19.4 Å². The Morgan fingerprint density at radius 1 is 0.931 bits per heavy atom. The molecule has 1 aromatic carbocycles. The molecule has 2 aliphatic heterocycles. The van der Waals surface area contributed by atoms with Crippen molar-refractivity contribution in [2.45, 2.75) is 25.9 Å². The standard InChI is InChI=1S/C20H28F2N4O3/c21-20(22)29-17-7-2-1-6-16(17)23-18(27)14-24-8-5-9-25(13-12-24)15-19(28)26-10-3-4-11-26/h1-2,6-7,20H,3-5,8-15H2,(H,23,27). The fraction of sp³-hybridized carbons (Fsp3) is 0.600. The van der Waals surface area contributed by atoms with E-state index in [1.165, 1.54) is 12.1 Å². The van der Waals surface area contributed by atoms with E-state index < -0.39 is 6.61 Å². The highest BCUT2D eigenvalue weighted by Gasteiger charge is 2.23. The molecule has 0 atom stereocenters. The largest absolute Gasteiger partial charge is 0.433 e. The summed E-state index contributed by atoms with van der Waals surface area (Å²) in [5.41, 5.74) is 0.227. The molecule has 1 aromatic rings. The Morgan fingerprint density at radius 2 is 1.59 bits per heavy atom. The van der Waals surface area contributed by atoms with Crippen molar-refractivity contribution in [3.63, 3.8) is 0 Å². The average Bonchev–Trinajstić information content (AvgIpc) is 3.13. The zero-order valence-corrected chi connectivity index (χ0v) is 16.5. The van der Waals surface area contributed by atoms with Gasteiger partial charge in [0.05, 0.1) is 18.8 Å². The summed E-state index contributed by atoms with van der Waals surface area (Å²) in [5.74, 6) is -0.153. The Bertz CT molecular complexity index is 698. The third-order valence-corrected chi connectivity index (χ3v) is 5.24. The van der Waals surface area contributed by atoms with E-state index >= 15 is 0 Å². The van der Waals surface area contributed by atoms with Crippen molar-refractivity contribution in [2.75, 3.05) is 57.7 Å². The van der Waals surface area contributed by atoms with Crippen LogP contribution in [-0.2, 0) is 9.59 Å². The first-order chi connectivity index (χ1) is 14.0. The maximum atomic E-state index is 12.5. The maximum absolute atomic E-state index is 12.5. The monoisotopic (exact) mass is 410 g/mol. The predicted molar refractivity (Wildman–Crippen MR) is 105 cm³/mol. The molecule has 0 spiro atoms. The van der Waals surface area contributed by atoms with Crippen LogP contribution in [0.15, 0.2) is 24.3 Å². The summed E-state index contributed by atoms with van der Waals surface area (Å²) < 4.78 is 29.5. The first kappa shape index (κ1) is 21.4. The summed E-state index contributed by atoms with van der Waals surface area (Å²) in [5, 5.41) is 2.65. The van der Waals surface area contributed by atoms with Crippen molar-refractivity contribution >= 4 is 17.5 Å². The minimum Gasteiger partial charge on any atom is -0.433 e. The van der Waals surface area contributed by atoms with Gasteiger partial charge in [-0.1, -0.05) is 12.1 Å². The number of para-hydroxylation sites is 2. The lowest BCUT2D eigenvalue weighted by atomic mass is 10.3. The van der Waals surface area contributed by atoms with Crippen molar-refractivity contribution in [1.82, 2.24) is 14.7 Å². The van der Waals surface area contributed by atoms with Crippen molar-refractivity contribution in [3.8, 4) is 5.75 Å². The van der Waals surface area contributed by atoms with Crippen LogP contribution in [0.4, 0.5) is 14.5 Å². The van der Waals surface area contributed by atoms with Gasteiger partial charge in [0.2, 0.25) is 11.8 Å². The third-order valence-electron chi connectivity index (χ3n) is 5.24. The molecule has 0 aromatic heterocycles.